The lowest BCUT2D eigenvalue weighted by Crippen LogP contribution is -2.41. The molecule has 2 N–H and O–H groups in total. The zero-order chi connectivity index (χ0) is 18.8. The van der Waals surface area contributed by atoms with E-state index in [9.17, 15) is 9.50 Å². The summed E-state index contributed by atoms with van der Waals surface area (Å²) in [5.41, 5.74) is 0.640. The van der Waals surface area contributed by atoms with Crippen molar-refractivity contribution in [2.75, 3.05) is 33.3 Å². The van der Waals surface area contributed by atoms with Crippen LogP contribution in [0.3, 0.4) is 0 Å². The van der Waals surface area contributed by atoms with Gasteiger partial charge in [-0.3, -0.25) is 4.99 Å². The Bertz CT molecular complexity index is 683. The number of likely N-dealkylation sites (N-methyl/N-ethyl adjacent to an activating group) is 1. The highest BCUT2D eigenvalue weighted by molar-refractivity contribution is 14.0. The summed E-state index contributed by atoms with van der Waals surface area (Å²) in [5.74, 6) is 1.19. The van der Waals surface area contributed by atoms with E-state index < -0.39 is 6.10 Å². The molecule has 2 rings (SSSR count). The Morgan fingerprint density at radius 3 is 2.48 bits per heavy atom. The van der Waals surface area contributed by atoms with E-state index in [-0.39, 0.29) is 36.3 Å². The van der Waals surface area contributed by atoms with E-state index in [2.05, 4.69) is 10.3 Å². The molecule has 2 aromatic carbocycles. The van der Waals surface area contributed by atoms with Gasteiger partial charge in [0.1, 0.15) is 18.2 Å². The van der Waals surface area contributed by atoms with Gasteiger partial charge >= 0.3 is 0 Å². The molecule has 0 aromatic heterocycles. The highest BCUT2D eigenvalue weighted by Crippen LogP contribution is 2.14. The molecule has 5 nitrogen and oxygen atoms in total. The van der Waals surface area contributed by atoms with Gasteiger partial charge in [0.15, 0.2) is 5.96 Å². The third-order valence-electron chi connectivity index (χ3n) is 3.80. The first-order valence-electron chi connectivity index (χ1n) is 8.71. The molecule has 0 saturated carbocycles. The van der Waals surface area contributed by atoms with E-state index in [1.165, 1.54) is 12.1 Å². The first kappa shape index (κ1) is 23.2. The summed E-state index contributed by atoms with van der Waals surface area (Å²) in [5, 5.41) is 13.4. The number of hydrogen-bond donors (Lipinski definition) is 2. The number of hydrogen-bond acceptors (Lipinski definition) is 3. The molecule has 27 heavy (non-hydrogen) atoms. The third-order valence-corrected chi connectivity index (χ3v) is 3.80. The maximum Gasteiger partial charge on any atom is 0.193 e. The van der Waals surface area contributed by atoms with Crippen LogP contribution in [0.15, 0.2) is 59.6 Å². The second-order valence-electron chi connectivity index (χ2n) is 5.85. The molecule has 148 valence electrons. The largest absolute Gasteiger partial charge is 0.492 e. The molecule has 7 heteroatoms. The van der Waals surface area contributed by atoms with Gasteiger partial charge in [0.2, 0.25) is 0 Å². The van der Waals surface area contributed by atoms with Crippen LogP contribution in [0, 0.1) is 5.82 Å². The van der Waals surface area contributed by atoms with Gasteiger partial charge in [0, 0.05) is 13.6 Å². The van der Waals surface area contributed by atoms with Crippen LogP contribution in [0.5, 0.6) is 5.75 Å². The smallest absolute Gasteiger partial charge is 0.193 e. The van der Waals surface area contributed by atoms with Crippen LogP contribution in [-0.4, -0.2) is 49.3 Å². The topological polar surface area (TPSA) is 57.1 Å². The van der Waals surface area contributed by atoms with Crippen molar-refractivity contribution in [1.29, 1.82) is 0 Å². The van der Waals surface area contributed by atoms with E-state index in [0.29, 0.717) is 24.7 Å². The minimum atomic E-state index is -0.779. The number of aliphatic imine (C=N–C) groups is 1. The van der Waals surface area contributed by atoms with Gasteiger partial charge in [-0.2, -0.15) is 0 Å². The number of nitrogens with one attached hydrogen (secondary N) is 1. The van der Waals surface area contributed by atoms with Crippen LogP contribution < -0.4 is 10.1 Å². The lowest BCUT2D eigenvalue weighted by atomic mass is 10.1. The fourth-order valence-electron chi connectivity index (χ4n) is 2.36. The Labute approximate surface area is 177 Å². The van der Waals surface area contributed by atoms with E-state index >= 15 is 0 Å². The summed E-state index contributed by atoms with van der Waals surface area (Å²) >= 11 is 0. The Morgan fingerprint density at radius 2 is 1.85 bits per heavy atom. The highest BCUT2D eigenvalue weighted by atomic mass is 127. The summed E-state index contributed by atoms with van der Waals surface area (Å²) in [4.78, 5) is 6.42. The zero-order valence-corrected chi connectivity index (χ0v) is 18.0. The Kier molecular flexibility index (Phi) is 10.7. The fourth-order valence-corrected chi connectivity index (χ4v) is 2.36. The van der Waals surface area contributed by atoms with Crippen molar-refractivity contribution in [2.24, 2.45) is 4.99 Å². The van der Waals surface area contributed by atoms with Crippen LogP contribution in [0.25, 0.3) is 0 Å². The molecular formula is C20H27FIN3O2. The average molecular weight is 487 g/mol. The quantitative estimate of drug-likeness (QED) is 0.340. The second kappa shape index (κ2) is 12.5. The van der Waals surface area contributed by atoms with Crippen LogP contribution in [0.4, 0.5) is 4.39 Å². The van der Waals surface area contributed by atoms with Crippen molar-refractivity contribution in [1.82, 2.24) is 10.2 Å². The van der Waals surface area contributed by atoms with Gasteiger partial charge in [0.25, 0.3) is 0 Å². The fraction of sp³-hybridized carbons (Fsp3) is 0.350. The lowest BCUT2D eigenvalue weighted by Gasteiger charge is -2.22. The summed E-state index contributed by atoms with van der Waals surface area (Å²) in [6, 6.07) is 15.4. The van der Waals surface area contributed by atoms with Crippen LogP contribution in [-0.2, 0) is 0 Å². The predicted molar refractivity (Wildman–Crippen MR) is 117 cm³/mol. The molecule has 0 spiro atoms. The number of nitrogens with zero attached hydrogens (tertiary/aromatic N) is 2. The van der Waals surface area contributed by atoms with Crippen molar-refractivity contribution in [2.45, 2.75) is 13.0 Å². The monoisotopic (exact) mass is 487 g/mol. The molecular weight excluding hydrogens is 460 g/mol. The second-order valence-corrected chi connectivity index (χ2v) is 5.85. The molecule has 0 aliphatic rings. The van der Waals surface area contributed by atoms with Crippen LogP contribution in [0.2, 0.25) is 0 Å². The third kappa shape index (κ3) is 8.13. The van der Waals surface area contributed by atoms with Gasteiger partial charge in [-0.05, 0) is 36.8 Å². The number of aliphatic hydroxyl groups excluding tert-OH is 1. The first-order valence-corrected chi connectivity index (χ1v) is 8.71. The van der Waals surface area contributed by atoms with Crippen molar-refractivity contribution >= 4 is 29.9 Å². The minimum Gasteiger partial charge on any atom is -0.492 e. The maximum absolute atomic E-state index is 13.0. The average Bonchev–Trinajstić information content (AvgIpc) is 2.66. The van der Waals surface area contributed by atoms with Gasteiger partial charge in [-0.15, -0.1) is 24.0 Å². The molecule has 0 aliphatic heterocycles. The number of benzene rings is 2. The number of para-hydroxylation sites is 1. The summed E-state index contributed by atoms with van der Waals surface area (Å²) in [6.07, 6.45) is -0.779. The van der Waals surface area contributed by atoms with Crippen molar-refractivity contribution in [3.8, 4) is 5.75 Å². The number of halogens is 2. The van der Waals surface area contributed by atoms with Gasteiger partial charge in [0.05, 0.1) is 19.2 Å². The summed E-state index contributed by atoms with van der Waals surface area (Å²) in [6.45, 7) is 4.06. The van der Waals surface area contributed by atoms with Crippen molar-refractivity contribution in [3.05, 3.63) is 66.0 Å². The standard InChI is InChI=1S/C20H26FN3O2.HI/c1-3-22-20(23-15-19(25)16-9-11-17(21)12-10-16)24(2)13-14-26-18-7-5-4-6-8-18;/h4-12,19,25H,3,13-15H2,1-2H3,(H,22,23);1H. The number of guanidine groups is 1. The molecule has 0 heterocycles. The number of ether oxygens (including phenoxy) is 1. The molecule has 0 bridgehead atoms. The molecule has 0 radical (unpaired) electrons. The molecule has 2 aromatic rings. The Morgan fingerprint density at radius 1 is 1.19 bits per heavy atom. The lowest BCUT2D eigenvalue weighted by molar-refractivity contribution is 0.186. The highest BCUT2D eigenvalue weighted by Gasteiger charge is 2.10. The minimum absolute atomic E-state index is 0. The van der Waals surface area contributed by atoms with E-state index in [1.54, 1.807) is 12.1 Å². The SMILES string of the molecule is CCNC(=NCC(O)c1ccc(F)cc1)N(C)CCOc1ccccc1.I. The first-order chi connectivity index (χ1) is 12.6. The van der Waals surface area contributed by atoms with Crippen molar-refractivity contribution < 1.29 is 14.2 Å². The summed E-state index contributed by atoms with van der Waals surface area (Å²) in [7, 11) is 1.92. The van der Waals surface area contributed by atoms with Crippen molar-refractivity contribution in [3.63, 3.8) is 0 Å². The van der Waals surface area contributed by atoms with Gasteiger partial charge in [-0.25, -0.2) is 4.39 Å². The molecule has 0 fully saturated rings. The number of rotatable bonds is 8. The predicted octanol–water partition coefficient (Wildman–Crippen LogP) is 3.45. The van der Waals surface area contributed by atoms with Crippen LogP contribution >= 0.6 is 24.0 Å². The van der Waals surface area contributed by atoms with Crippen LogP contribution in [0.1, 0.15) is 18.6 Å². The van der Waals surface area contributed by atoms with E-state index in [4.69, 9.17) is 4.74 Å². The summed E-state index contributed by atoms with van der Waals surface area (Å²) < 4.78 is 18.7. The van der Waals surface area contributed by atoms with Gasteiger partial charge < -0.3 is 20.1 Å². The maximum atomic E-state index is 13.0. The number of aliphatic hydroxyl groups is 1. The zero-order valence-electron chi connectivity index (χ0n) is 15.6. The molecule has 1 unspecified atom stereocenters. The van der Waals surface area contributed by atoms with E-state index in [1.807, 2.05) is 49.2 Å². The molecule has 0 aliphatic carbocycles. The van der Waals surface area contributed by atoms with E-state index in [0.717, 1.165) is 12.3 Å². The normalized spacial score (nSPS) is 12.1. The molecule has 1 atom stereocenters. The molecule has 0 amide bonds. The molecule has 0 saturated heterocycles. The van der Waals surface area contributed by atoms with Gasteiger partial charge in [-0.1, -0.05) is 30.3 Å². The Hall–Kier alpha value is -1.87. The Balaban J connectivity index is 0.00000364.